The second-order valence-corrected chi connectivity index (χ2v) is 4.62. The van der Waals surface area contributed by atoms with Crippen molar-refractivity contribution in [2.45, 2.75) is 13.5 Å². The Labute approximate surface area is 119 Å². The zero-order valence-electron chi connectivity index (χ0n) is 10.6. The van der Waals surface area contributed by atoms with Gasteiger partial charge in [0, 0.05) is 0 Å². The van der Waals surface area contributed by atoms with Crippen molar-refractivity contribution in [1.29, 1.82) is 0 Å². The third-order valence-corrected chi connectivity index (χ3v) is 3.21. The first kappa shape index (κ1) is 12.6. The molecule has 0 radical (unpaired) electrons. The van der Waals surface area contributed by atoms with E-state index >= 15 is 0 Å². The van der Waals surface area contributed by atoms with Gasteiger partial charge < -0.3 is 10.3 Å². The van der Waals surface area contributed by atoms with E-state index in [0.29, 0.717) is 34.7 Å². The molecule has 0 amide bonds. The van der Waals surface area contributed by atoms with E-state index < -0.39 is 0 Å². The molecule has 3 aromatic rings. The number of hydrogen-bond acceptors (Lipinski definition) is 6. The van der Waals surface area contributed by atoms with Crippen LogP contribution in [0.3, 0.4) is 0 Å². The fraction of sp³-hybridized carbons (Fsp3) is 0.167. The molecular formula is C12H11ClN6O. The monoisotopic (exact) mass is 290 g/mol. The number of aromatic nitrogens is 5. The van der Waals surface area contributed by atoms with Crippen LogP contribution in [0.5, 0.6) is 0 Å². The van der Waals surface area contributed by atoms with Gasteiger partial charge in [0.25, 0.3) is 5.89 Å². The van der Waals surface area contributed by atoms with Crippen LogP contribution < -0.4 is 5.73 Å². The van der Waals surface area contributed by atoms with Gasteiger partial charge in [-0.2, -0.15) is 4.98 Å². The molecule has 1 aromatic carbocycles. The number of halogens is 1. The van der Waals surface area contributed by atoms with Crippen molar-refractivity contribution in [3.8, 4) is 11.5 Å². The molecule has 20 heavy (non-hydrogen) atoms. The van der Waals surface area contributed by atoms with Crippen molar-refractivity contribution in [2.75, 3.05) is 5.73 Å². The van der Waals surface area contributed by atoms with E-state index in [9.17, 15) is 0 Å². The summed E-state index contributed by atoms with van der Waals surface area (Å²) in [5, 5.41) is 12.1. The molecule has 0 atom stereocenters. The van der Waals surface area contributed by atoms with Crippen molar-refractivity contribution in [3.63, 3.8) is 0 Å². The van der Waals surface area contributed by atoms with E-state index in [2.05, 4.69) is 20.5 Å². The zero-order chi connectivity index (χ0) is 14.1. The minimum Gasteiger partial charge on any atom is -0.381 e. The summed E-state index contributed by atoms with van der Waals surface area (Å²) in [5.74, 6) is 1.24. The first-order valence-corrected chi connectivity index (χ1v) is 6.26. The Bertz CT molecular complexity index is 750. The molecule has 7 nitrogen and oxygen atoms in total. The Morgan fingerprint density at radius 3 is 2.85 bits per heavy atom. The van der Waals surface area contributed by atoms with Crippen LogP contribution in [0.25, 0.3) is 11.5 Å². The normalized spacial score (nSPS) is 10.9. The fourth-order valence-corrected chi connectivity index (χ4v) is 1.94. The number of hydrogen-bond donors (Lipinski definition) is 1. The second kappa shape index (κ2) is 4.93. The van der Waals surface area contributed by atoms with Crippen molar-refractivity contribution >= 4 is 17.4 Å². The van der Waals surface area contributed by atoms with E-state index in [1.165, 1.54) is 0 Å². The zero-order valence-corrected chi connectivity index (χ0v) is 11.4. The van der Waals surface area contributed by atoms with Gasteiger partial charge in [0.05, 0.1) is 16.3 Å². The Morgan fingerprint density at radius 1 is 1.35 bits per heavy atom. The molecule has 2 heterocycles. The SMILES string of the molecule is Cc1c(N)nnn1Cc1noc(-c2ccccc2Cl)n1. The van der Waals surface area contributed by atoms with Crippen LogP contribution in [-0.4, -0.2) is 25.1 Å². The van der Waals surface area contributed by atoms with Gasteiger partial charge in [0.2, 0.25) is 0 Å². The predicted octanol–water partition coefficient (Wildman–Crippen LogP) is 1.92. The summed E-state index contributed by atoms with van der Waals surface area (Å²) < 4.78 is 6.82. The average Bonchev–Trinajstić information content (AvgIpc) is 3.02. The van der Waals surface area contributed by atoms with Gasteiger partial charge in [-0.3, -0.25) is 0 Å². The highest BCUT2D eigenvalue weighted by Crippen LogP contribution is 2.25. The van der Waals surface area contributed by atoms with E-state index in [0.717, 1.165) is 5.69 Å². The van der Waals surface area contributed by atoms with Crippen LogP contribution in [0, 0.1) is 6.92 Å². The van der Waals surface area contributed by atoms with Crippen LogP contribution in [0.2, 0.25) is 5.02 Å². The molecule has 0 saturated heterocycles. The van der Waals surface area contributed by atoms with E-state index in [-0.39, 0.29) is 0 Å². The van der Waals surface area contributed by atoms with Crippen molar-refractivity contribution in [1.82, 2.24) is 25.1 Å². The van der Waals surface area contributed by atoms with Gasteiger partial charge in [0.1, 0.15) is 6.54 Å². The maximum absolute atomic E-state index is 6.08. The van der Waals surface area contributed by atoms with E-state index in [4.69, 9.17) is 21.9 Å². The van der Waals surface area contributed by atoms with Crippen molar-refractivity contribution < 1.29 is 4.52 Å². The van der Waals surface area contributed by atoms with Crippen molar-refractivity contribution in [2.24, 2.45) is 0 Å². The van der Waals surface area contributed by atoms with Gasteiger partial charge in [0.15, 0.2) is 11.6 Å². The molecule has 2 N–H and O–H groups in total. The lowest BCUT2D eigenvalue weighted by atomic mass is 10.2. The maximum atomic E-state index is 6.08. The Kier molecular flexibility index (Phi) is 3.11. The lowest BCUT2D eigenvalue weighted by Gasteiger charge is -1.98. The largest absolute Gasteiger partial charge is 0.381 e. The first-order chi connectivity index (χ1) is 9.65. The molecule has 0 saturated carbocycles. The molecule has 102 valence electrons. The molecule has 0 spiro atoms. The first-order valence-electron chi connectivity index (χ1n) is 5.88. The van der Waals surface area contributed by atoms with Crippen molar-refractivity contribution in [3.05, 3.63) is 40.8 Å². The lowest BCUT2D eigenvalue weighted by molar-refractivity contribution is 0.418. The Morgan fingerprint density at radius 2 is 2.15 bits per heavy atom. The average molecular weight is 291 g/mol. The number of nitrogens with two attached hydrogens (primary N) is 1. The highest BCUT2D eigenvalue weighted by molar-refractivity contribution is 6.33. The maximum Gasteiger partial charge on any atom is 0.259 e. The Hall–Kier alpha value is -2.41. The fourth-order valence-electron chi connectivity index (χ4n) is 1.72. The summed E-state index contributed by atoms with van der Waals surface area (Å²) in [4.78, 5) is 4.30. The molecule has 0 fully saturated rings. The summed E-state index contributed by atoms with van der Waals surface area (Å²) in [5.41, 5.74) is 7.09. The van der Waals surface area contributed by atoms with Crippen LogP contribution in [-0.2, 0) is 6.54 Å². The predicted molar refractivity (Wildman–Crippen MR) is 73.0 cm³/mol. The standard InChI is InChI=1S/C12H11ClN6O/c1-7-11(14)16-18-19(7)6-10-15-12(20-17-10)8-4-2-3-5-9(8)13/h2-5H,6,14H2,1H3. The molecule has 2 aromatic heterocycles. The third-order valence-electron chi connectivity index (χ3n) is 2.88. The summed E-state index contributed by atoms with van der Waals surface area (Å²) in [6.45, 7) is 2.16. The smallest absolute Gasteiger partial charge is 0.259 e. The minimum absolute atomic E-state index is 0.337. The molecule has 0 unspecified atom stereocenters. The second-order valence-electron chi connectivity index (χ2n) is 4.21. The van der Waals surface area contributed by atoms with Crippen LogP contribution in [0.15, 0.2) is 28.8 Å². The third kappa shape index (κ3) is 2.23. The molecular weight excluding hydrogens is 280 g/mol. The highest BCUT2D eigenvalue weighted by atomic mass is 35.5. The summed E-state index contributed by atoms with van der Waals surface area (Å²) >= 11 is 6.08. The van der Waals surface area contributed by atoms with Gasteiger partial charge >= 0.3 is 0 Å². The molecule has 0 bridgehead atoms. The minimum atomic E-state index is 0.337. The summed E-state index contributed by atoms with van der Waals surface area (Å²) in [6.07, 6.45) is 0. The lowest BCUT2D eigenvalue weighted by Crippen LogP contribution is -2.05. The van der Waals surface area contributed by atoms with Crippen LogP contribution in [0.1, 0.15) is 11.5 Å². The molecule has 0 aliphatic carbocycles. The number of rotatable bonds is 3. The number of nitrogens with zero attached hydrogens (tertiary/aromatic N) is 5. The summed E-state index contributed by atoms with van der Waals surface area (Å²) in [6, 6.07) is 7.28. The van der Waals surface area contributed by atoms with E-state index in [1.807, 2.05) is 25.1 Å². The van der Waals surface area contributed by atoms with Gasteiger partial charge in [-0.1, -0.05) is 34.1 Å². The van der Waals surface area contributed by atoms with Crippen LogP contribution >= 0.6 is 11.6 Å². The Balaban J connectivity index is 1.88. The number of nitrogen functional groups attached to an aromatic ring is 1. The number of benzene rings is 1. The van der Waals surface area contributed by atoms with E-state index in [1.54, 1.807) is 10.7 Å². The summed E-state index contributed by atoms with van der Waals surface area (Å²) in [7, 11) is 0. The molecule has 0 aliphatic heterocycles. The topological polar surface area (TPSA) is 95.7 Å². The molecule has 0 aliphatic rings. The quantitative estimate of drug-likeness (QED) is 0.791. The van der Waals surface area contributed by atoms with Gasteiger partial charge in [-0.25, -0.2) is 4.68 Å². The van der Waals surface area contributed by atoms with Gasteiger partial charge in [-0.15, -0.1) is 5.10 Å². The molecule has 3 rings (SSSR count). The molecule has 8 heteroatoms. The highest BCUT2D eigenvalue weighted by Gasteiger charge is 2.13. The van der Waals surface area contributed by atoms with Crippen LogP contribution in [0.4, 0.5) is 5.82 Å². The number of anilines is 1. The van der Waals surface area contributed by atoms with Gasteiger partial charge in [-0.05, 0) is 19.1 Å².